The minimum Gasteiger partial charge on any atom is -0.508 e. The van der Waals surface area contributed by atoms with Crippen molar-refractivity contribution < 1.29 is 24.6 Å². The Kier molecular flexibility index (Phi) is 6.96. The van der Waals surface area contributed by atoms with Crippen molar-refractivity contribution in [2.45, 2.75) is 20.0 Å². The van der Waals surface area contributed by atoms with Crippen LogP contribution in [0, 0.1) is 12.8 Å². The monoisotopic (exact) mass is 370 g/mol. The highest BCUT2D eigenvalue weighted by atomic mass is 16.6. The zero-order valence-electron chi connectivity index (χ0n) is 15.0. The molecule has 0 fully saturated rings. The summed E-state index contributed by atoms with van der Waals surface area (Å²) < 4.78 is 5.56. The van der Waals surface area contributed by atoms with Crippen LogP contribution in [0.1, 0.15) is 24.2 Å². The molecular weight excluding hydrogens is 348 g/mol. The minimum atomic E-state index is -0.709. The highest BCUT2D eigenvalue weighted by Crippen LogP contribution is 2.29. The van der Waals surface area contributed by atoms with Gasteiger partial charge in [-0.3, -0.25) is 15.3 Å². The largest absolute Gasteiger partial charge is 0.508 e. The minimum absolute atomic E-state index is 0.0875. The molecule has 7 heteroatoms. The van der Waals surface area contributed by atoms with E-state index in [-0.39, 0.29) is 11.7 Å². The molecule has 0 spiro atoms. The topological polar surface area (TPSA) is 108 Å². The van der Waals surface area contributed by atoms with E-state index in [1.807, 2.05) is 19.1 Å². The van der Waals surface area contributed by atoms with E-state index in [2.05, 4.69) is 5.32 Å². The van der Waals surface area contributed by atoms with Gasteiger partial charge < -0.3 is 9.84 Å². The van der Waals surface area contributed by atoms with Crippen molar-refractivity contribution >= 4 is 17.7 Å². The molecule has 0 aliphatic heterocycles. The van der Waals surface area contributed by atoms with Gasteiger partial charge in [0.1, 0.15) is 11.9 Å². The van der Waals surface area contributed by atoms with Crippen LogP contribution in [-0.2, 0) is 9.53 Å². The number of nitrogens with one attached hydrogen (secondary N) is 2. The lowest BCUT2D eigenvalue weighted by Crippen LogP contribution is -2.22. The van der Waals surface area contributed by atoms with Crippen LogP contribution in [0.25, 0.3) is 0 Å². The van der Waals surface area contributed by atoms with Gasteiger partial charge in [-0.25, -0.2) is 10.3 Å². The van der Waals surface area contributed by atoms with Crippen molar-refractivity contribution in [3.8, 4) is 5.75 Å². The van der Waals surface area contributed by atoms with Crippen LogP contribution in [0.4, 0.5) is 10.5 Å². The van der Waals surface area contributed by atoms with E-state index in [0.717, 1.165) is 11.6 Å². The first-order valence-electron chi connectivity index (χ1n) is 8.34. The molecule has 0 heterocycles. The van der Waals surface area contributed by atoms with Gasteiger partial charge in [-0.15, -0.1) is 0 Å². The van der Waals surface area contributed by atoms with Gasteiger partial charge >= 0.3 is 6.09 Å². The summed E-state index contributed by atoms with van der Waals surface area (Å²) in [4.78, 5) is 23.5. The molecule has 0 aromatic heterocycles. The van der Waals surface area contributed by atoms with Gasteiger partial charge in [0.2, 0.25) is 0 Å². The highest BCUT2D eigenvalue weighted by Gasteiger charge is 2.22. The molecule has 7 nitrogen and oxygen atoms in total. The number of hydrogen-bond donors (Lipinski definition) is 4. The molecule has 27 heavy (non-hydrogen) atoms. The van der Waals surface area contributed by atoms with E-state index in [4.69, 9.17) is 9.94 Å². The van der Waals surface area contributed by atoms with Crippen molar-refractivity contribution in [3.63, 3.8) is 0 Å². The third-order valence-corrected chi connectivity index (χ3v) is 3.89. The molecular formula is C20H22N2O5. The number of anilines is 1. The summed E-state index contributed by atoms with van der Waals surface area (Å²) in [7, 11) is 0. The molecule has 4 N–H and O–H groups in total. The molecule has 0 aliphatic carbocycles. The van der Waals surface area contributed by atoms with Gasteiger partial charge in [0.05, 0.1) is 0 Å². The molecule has 2 amide bonds. The molecule has 0 bridgehead atoms. The van der Waals surface area contributed by atoms with E-state index in [0.29, 0.717) is 11.3 Å². The zero-order chi connectivity index (χ0) is 19.8. The Balaban J connectivity index is 2.16. The van der Waals surface area contributed by atoms with Crippen molar-refractivity contribution in [3.05, 3.63) is 71.8 Å². The maximum absolute atomic E-state index is 12.3. The second kappa shape index (κ2) is 9.40. The number of ether oxygens (including phenoxy) is 1. The van der Waals surface area contributed by atoms with E-state index in [1.165, 1.54) is 23.7 Å². The summed E-state index contributed by atoms with van der Waals surface area (Å²) in [5.74, 6) is -0.976. The Morgan fingerprint density at radius 3 is 2.30 bits per heavy atom. The summed E-state index contributed by atoms with van der Waals surface area (Å²) in [6, 6.07) is 13.5. The predicted molar refractivity (Wildman–Crippen MR) is 100 cm³/mol. The SMILES string of the molecule is Cc1ccc(NC(=O)O[C@H](c2ccc(O)cc2)[C@H](C)/C=C/C(=O)NO)cc1. The number of phenolic OH excluding ortho intramolecular Hbond substituents is 1. The van der Waals surface area contributed by atoms with Crippen LogP contribution in [0.5, 0.6) is 5.75 Å². The molecule has 2 aromatic carbocycles. The summed E-state index contributed by atoms with van der Waals surface area (Å²) in [5, 5.41) is 20.7. The first-order valence-corrected chi connectivity index (χ1v) is 8.34. The average Bonchev–Trinajstić information content (AvgIpc) is 2.66. The lowest BCUT2D eigenvalue weighted by Gasteiger charge is -2.23. The molecule has 2 rings (SSSR count). The summed E-state index contributed by atoms with van der Waals surface area (Å²) in [5.41, 5.74) is 3.81. The number of carbonyl (C=O) groups excluding carboxylic acids is 2. The van der Waals surface area contributed by atoms with E-state index < -0.39 is 18.1 Å². The normalized spacial score (nSPS) is 13.0. The maximum Gasteiger partial charge on any atom is 0.412 e. The van der Waals surface area contributed by atoms with Crippen molar-refractivity contribution in [2.75, 3.05) is 5.32 Å². The van der Waals surface area contributed by atoms with Gasteiger partial charge in [0.25, 0.3) is 5.91 Å². The Bertz CT molecular complexity index is 800. The molecule has 2 aromatic rings. The second-order valence-corrected chi connectivity index (χ2v) is 6.10. The average molecular weight is 370 g/mol. The van der Waals surface area contributed by atoms with Gasteiger partial charge in [-0.2, -0.15) is 0 Å². The second-order valence-electron chi connectivity index (χ2n) is 6.10. The summed E-state index contributed by atoms with van der Waals surface area (Å²) in [6.45, 7) is 3.71. The quantitative estimate of drug-likeness (QED) is 0.352. The lowest BCUT2D eigenvalue weighted by molar-refractivity contribution is -0.124. The fourth-order valence-corrected chi connectivity index (χ4v) is 2.42. The number of hydroxylamine groups is 1. The zero-order valence-corrected chi connectivity index (χ0v) is 15.0. The van der Waals surface area contributed by atoms with Crippen LogP contribution in [0.15, 0.2) is 60.7 Å². The van der Waals surface area contributed by atoms with Crippen LogP contribution >= 0.6 is 0 Å². The van der Waals surface area contributed by atoms with Crippen molar-refractivity contribution in [1.29, 1.82) is 0 Å². The first kappa shape index (κ1) is 20.0. The number of benzene rings is 2. The Morgan fingerprint density at radius 2 is 1.70 bits per heavy atom. The number of rotatable bonds is 6. The van der Waals surface area contributed by atoms with Crippen LogP contribution in [0.3, 0.4) is 0 Å². The number of phenols is 1. The standard InChI is InChI=1S/C20H22N2O5/c1-13-3-8-16(9-4-13)21-20(25)27-19(14(2)5-12-18(24)22-26)15-6-10-17(23)11-7-15/h3-12,14,19,23,26H,1-2H3,(H,21,25)(H,22,24)/b12-5+/t14-,19+/m1/s1. The Morgan fingerprint density at radius 1 is 1.07 bits per heavy atom. The fraction of sp³-hybridized carbons (Fsp3) is 0.200. The first-order chi connectivity index (χ1) is 12.9. The molecule has 2 atom stereocenters. The Hall–Kier alpha value is -3.32. The molecule has 0 radical (unpaired) electrons. The van der Waals surface area contributed by atoms with Crippen molar-refractivity contribution in [1.82, 2.24) is 5.48 Å². The highest BCUT2D eigenvalue weighted by molar-refractivity contribution is 5.86. The van der Waals surface area contributed by atoms with E-state index >= 15 is 0 Å². The fourth-order valence-electron chi connectivity index (χ4n) is 2.42. The van der Waals surface area contributed by atoms with Crippen LogP contribution in [-0.4, -0.2) is 22.3 Å². The number of aryl methyl sites for hydroxylation is 1. The van der Waals surface area contributed by atoms with Gasteiger partial charge in [0, 0.05) is 17.7 Å². The smallest absolute Gasteiger partial charge is 0.412 e. The third-order valence-electron chi connectivity index (χ3n) is 3.89. The molecule has 0 unspecified atom stereocenters. The molecule has 0 saturated heterocycles. The number of amides is 2. The van der Waals surface area contributed by atoms with Gasteiger partial charge in [-0.1, -0.05) is 42.8 Å². The maximum atomic E-state index is 12.3. The number of hydrogen-bond acceptors (Lipinski definition) is 5. The van der Waals surface area contributed by atoms with E-state index in [1.54, 1.807) is 31.2 Å². The van der Waals surface area contributed by atoms with Crippen molar-refractivity contribution in [2.24, 2.45) is 5.92 Å². The van der Waals surface area contributed by atoms with E-state index in [9.17, 15) is 14.7 Å². The van der Waals surface area contributed by atoms with Crippen LogP contribution in [0.2, 0.25) is 0 Å². The molecule has 0 saturated carbocycles. The third kappa shape index (κ3) is 6.16. The summed E-state index contributed by atoms with van der Waals surface area (Å²) >= 11 is 0. The number of aromatic hydroxyl groups is 1. The Labute approximate surface area is 157 Å². The summed E-state index contributed by atoms with van der Waals surface area (Å²) in [6.07, 6.45) is 1.31. The molecule has 0 aliphatic rings. The number of carbonyl (C=O) groups is 2. The van der Waals surface area contributed by atoms with Gasteiger partial charge in [0.15, 0.2) is 0 Å². The van der Waals surface area contributed by atoms with Gasteiger partial charge in [-0.05, 0) is 36.8 Å². The molecule has 142 valence electrons. The van der Waals surface area contributed by atoms with Crippen LogP contribution < -0.4 is 10.8 Å². The lowest BCUT2D eigenvalue weighted by atomic mass is 9.96. The predicted octanol–water partition coefficient (Wildman–Crippen LogP) is 3.69.